The monoisotopic (exact) mass is 357 g/mol. The maximum Gasteiger partial charge on any atom is 0.275 e. The molecule has 0 aromatic heterocycles. The molecule has 1 heterocycles. The quantitative estimate of drug-likeness (QED) is 0.792. The van der Waals surface area contributed by atoms with Crippen molar-refractivity contribution in [3.63, 3.8) is 0 Å². The van der Waals surface area contributed by atoms with Crippen molar-refractivity contribution in [1.29, 1.82) is 0 Å². The molecule has 1 aromatic rings. The number of carbonyl (C=O) groups is 2. The molecule has 0 saturated heterocycles. The number of benzene rings is 1. The second-order valence-electron chi connectivity index (χ2n) is 7.23. The first-order chi connectivity index (χ1) is 12.6. The lowest BCUT2D eigenvalue weighted by Gasteiger charge is -2.40. The third-order valence-electron chi connectivity index (χ3n) is 5.32. The van der Waals surface area contributed by atoms with Crippen LogP contribution in [-0.2, 0) is 14.3 Å². The van der Waals surface area contributed by atoms with E-state index in [0.717, 1.165) is 31.2 Å². The molecule has 1 N–H and O–H groups in total. The fourth-order valence-corrected chi connectivity index (χ4v) is 3.73. The molecule has 2 aliphatic rings. The average molecular weight is 357 g/mol. The number of methoxy groups -OCH3 is 1. The Bertz CT molecular complexity index is 679. The lowest BCUT2D eigenvalue weighted by atomic mass is 9.82. The molecule has 6 nitrogen and oxygen atoms in total. The normalized spacial score (nSPS) is 25.5. The third kappa shape index (κ3) is 3.80. The molecule has 0 unspecified atom stereocenters. The van der Waals surface area contributed by atoms with Crippen LogP contribution in [0.4, 0.5) is 0 Å². The fourth-order valence-electron chi connectivity index (χ4n) is 3.73. The average Bonchev–Trinajstić information content (AvgIpc) is 2.91. The van der Waals surface area contributed by atoms with E-state index in [-0.39, 0.29) is 18.4 Å². The topological polar surface area (TPSA) is 71.0 Å². The molecule has 6 heteroatoms. The Balaban J connectivity index is 1.82. The molecular weight excluding hydrogens is 330 g/mol. The van der Waals surface area contributed by atoms with Gasteiger partial charge in [0.05, 0.1) is 6.61 Å². The van der Waals surface area contributed by atoms with E-state index in [1.165, 1.54) is 0 Å². The van der Waals surface area contributed by atoms with Crippen molar-refractivity contribution in [2.45, 2.75) is 38.3 Å². The first kappa shape index (κ1) is 18.6. The minimum absolute atomic E-state index is 0.0385. The van der Waals surface area contributed by atoms with E-state index in [2.05, 4.69) is 12.2 Å². The summed E-state index contributed by atoms with van der Waals surface area (Å²) in [6, 6.07) is 9.53. The summed E-state index contributed by atoms with van der Waals surface area (Å²) in [6.07, 6.45) is 3.64. The second kappa shape index (κ2) is 7.99. The number of rotatable bonds is 6. The van der Waals surface area contributed by atoms with Crippen LogP contribution in [0, 0.1) is 5.92 Å². The number of nitrogens with one attached hydrogen (secondary N) is 1. The van der Waals surface area contributed by atoms with E-state index >= 15 is 0 Å². The molecule has 1 aromatic carbocycles. The number of nitrogens with zero attached hydrogens (tertiary/aromatic N) is 2. The van der Waals surface area contributed by atoms with Gasteiger partial charge in [0.25, 0.3) is 5.91 Å². The highest BCUT2D eigenvalue weighted by Crippen LogP contribution is 2.41. The van der Waals surface area contributed by atoms with Gasteiger partial charge in [-0.2, -0.15) is 0 Å². The predicted octanol–water partition coefficient (Wildman–Crippen LogP) is 1.99. The van der Waals surface area contributed by atoms with Gasteiger partial charge in [-0.25, -0.2) is 0 Å². The standard InChI is InChI=1S/C20H27N3O3/c1-15-8-10-20(11-9-15)22-18(16-6-4-3-5-7-16)19(25)23(20)14-17(24)21-12-13-26-2/h3-7,15H,8-14H2,1-2H3,(H,21,24). The number of amides is 2. The molecule has 26 heavy (non-hydrogen) atoms. The van der Waals surface area contributed by atoms with E-state index in [4.69, 9.17) is 9.73 Å². The Morgan fingerprint density at radius 1 is 1.31 bits per heavy atom. The van der Waals surface area contributed by atoms with Crippen LogP contribution in [-0.4, -0.2) is 54.9 Å². The highest BCUT2D eigenvalue weighted by Gasteiger charge is 2.49. The summed E-state index contributed by atoms with van der Waals surface area (Å²) in [6.45, 7) is 3.16. The van der Waals surface area contributed by atoms with Gasteiger partial charge in [-0.3, -0.25) is 14.6 Å². The molecule has 1 fully saturated rings. The first-order valence-corrected chi connectivity index (χ1v) is 9.28. The van der Waals surface area contributed by atoms with Crippen molar-refractivity contribution < 1.29 is 14.3 Å². The van der Waals surface area contributed by atoms with Gasteiger partial charge in [0.1, 0.15) is 17.9 Å². The van der Waals surface area contributed by atoms with Crippen molar-refractivity contribution in [1.82, 2.24) is 10.2 Å². The molecule has 140 valence electrons. The van der Waals surface area contributed by atoms with E-state index < -0.39 is 5.66 Å². The van der Waals surface area contributed by atoms with Gasteiger partial charge in [0.2, 0.25) is 5.91 Å². The van der Waals surface area contributed by atoms with Gasteiger partial charge in [0.15, 0.2) is 0 Å². The highest BCUT2D eigenvalue weighted by atomic mass is 16.5. The molecular formula is C20H27N3O3. The van der Waals surface area contributed by atoms with Crippen LogP contribution < -0.4 is 5.32 Å². The van der Waals surface area contributed by atoms with Gasteiger partial charge in [-0.05, 0) is 31.6 Å². The Hall–Kier alpha value is -2.21. The summed E-state index contributed by atoms with van der Waals surface area (Å²) in [5, 5.41) is 2.81. The SMILES string of the molecule is COCCNC(=O)CN1C(=O)C(c2ccccc2)=NC12CCC(C)CC2. The van der Waals surface area contributed by atoms with E-state index in [1.807, 2.05) is 30.3 Å². The molecule has 3 rings (SSSR count). The van der Waals surface area contributed by atoms with Gasteiger partial charge in [-0.15, -0.1) is 0 Å². The van der Waals surface area contributed by atoms with Crippen molar-refractivity contribution in [2.75, 3.05) is 26.8 Å². The minimum atomic E-state index is -0.576. The molecule has 2 amide bonds. The van der Waals surface area contributed by atoms with Gasteiger partial charge < -0.3 is 15.0 Å². The van der Waals surface area contributed by atoms with Crippen LogP contribution in [0.5, 0.6) is 0 Å². The van der Waals surface area contributed by atoms with Gasteiger partial charge in [0, 0.05) is 19.2 Å². The van der Waals surface area contributed by atoms with Crippen LogP contribution in [0.1, 0.15) is 38.2 Å². The zero-order valence-corrected chi connectivity index (χ0v) is 15.5. The molecule has 1 spiro atoms. The Kier molecular flexibility index (Phi) is 5.71. The summed E-state index contributed by atoms with van der Waals surface area (Å²) in [7, 11) is 1.59. The predicted molar refractivity (Wildman–Crippen MR) is 99.9 cm³/mol. The van der Waals surface area contributed by atoms with Crippen molar-refractivity contribution in [2.24, 2.45) is 10.9 Å². The molecule has 0 atom stereocenters. The maximum absolute atomic E-state index is 13.1. The van der Waals surface area contributed by atoms with E-state index in [1.54, 1.807) is 12.0 Å². The number of hydrogen-bond acceptors (Lipinski definition) is 4. The Morgan fingerprint density at radius 3 is 2.65 bits per heavy atom. The number of aliphatic imine (C=N–C) groups is 1. The van der Waals surface area contributed by atoms with Crippen LogP contribution in [0.2, 0.25) is 0 Å². The van der Waals surface area contributed by atoms with Crippen molar-refractivity contribution >= 4 is 17.5 Å². The van der Waals surface area contributed by atoms with Crippen LogP contribution >= 0.6 is 0 Å². The van der Waals surface area contributed by atoms with E-state index in [0.29, 0.717) is 24.8 Å². The summed E-state index contributed by atoms with van der Waals surface area (Å²) < 4.78 is 4.96. The molecule has 0 bridgehead atoms. The summed E-state index contributed by atoms with van der Waals surface area (Å²) in [4.78, 5) is 32.0. The summed E-state index contributed by atoms with van der Waals surface area (Å²) >= 11 is 0. The smallest absolute Gasteiger partial charge is 0.275 e. The van der Waals surface area contributed by atoms with Crippen LogP contribution in [0.25, 0.3) is 0 Å². The zero-order chi connectivity index (χ0) is 18.6. The van der Waals surface area contributed by atoms with Crippen molar-refractivity contribution in [3.05, 3.63) is 35.9 Å². The minimum Gasteiger partial charge on any atom is -0.383 e. The first-order valence-electron chi connectivity index (χ1n) is 9.28. The number of ether oxygens (including phenoxy) is 1. The summed E-state index contributed by atoms with van der Waals surface area (Å²) in [5.74, 6) is 0.314. The van der Waals surface area contributed by atoms with Crippen LogP contribution in [0.3, 0.4) is 0 Å². The highest BCUT2D eigenvalue weighted by molar-refractivity contribution is 6.47. The Labute approximate surface area is 154 Å². The largest absolute Gasteiger partial charge is 0.383 e. The lowest BCUT2D eigenvalue weighted by Crippen LogP contribution is -2.52. The molecule has 1 saturated carbocycles. The van der Waals surface area contributed by atoms with Gasteiger partial charge in [-0.1, -0.05) is 37.3 Å². The fraction of sp³-hybridized carbons (Fsp3) is 0.550. The maximum atomic E-state index is 13.1. The lowest BCUT2D eigenvalue weighted by molar-refractivity contribution is -0.136. The number of hydrogen-bond donors (Lipinski definition) is 1. The van der Waals surface area contributed by atoms with Gasteiger partial charge >= 0.3 is 0 Å². The number of carbonyl (C=O) groups excluding carboxylic acids is 2. The molecule has 1 aliphatic heterocycles. The second-order valence-corrected chi connectivity index (χ2v) is 7.23. The van der Waals surface area contributed by atoms with E-state index in [9.17, 15) is 9.59 Å². The van der Waals surface area contributed by atoms with Crippen molar-refractivity contribution in [3.8, 4) is 0 Å². The molecule has 0 radical (unpaired) electrons. The third-order valence-corrected chi connectivity index (χ3v) is 5.32. The molecule has 1 aliphatic carbocycles. The summed E-state index contributed by atoms with van der Waals surface area (Å²) in [5.41, 5.74) is 0.718. The zero-order valence-electron chi connectivity index (χ0n) is 15.5. The Morgan fingerprint density at radius 2 is 2.00 bits per heavy atom. The van der Waals surface area contributed by atoms with Crippen LogP contribution in [0.15, 0.2) is 35.3 Å².